The fourth-order valence-electron chi connectivity index (χ4n) is 1.81. The summed E-state index contributed by atoms with van der Waals surface area (Å²) < 4.78 is 0. The Morgan fingerprint density at radius 2 is 2.35 bits per heavy atom. The van der Waals surface area contributed by atoms with Crippen LogP contribution < -0.4 is 4.90 Å². The summed E-state index contributed by atoms with van der Waals surface area (Å²) >= 11 is 0. The molecule has 1 N–H and O–H groups in total. The van der Waals surface area contributed by atoms with E-state index in [9.17, 15) is 15.2 Å². The zero-order valence-corrected chi connectivity index (χ0v) is 9.12. The average Bonchev–Trinajstić information content (AvgIpc) is 2.24. The lowest BCUT2D eigenvalue weighted by molar-refractivity contribution is -0.385. The summed E-state index contributed by atoms with van der Waals surface area (Å²) in [5, 5.41) is 29.1. The van der Waals surface area contributed by atoms with Crippen molar-refractivity contribution >= 4 is 11.5 Å². The second kappa shape index (κ2) is 3.68. The Kier molecular flexibility index (Phi) is 2.44. The first kappa shape index (κ1) is 11.3. The van der Waals surface area contributed by atoms with Crippen LogP contribution >= 0.6 is 0 Å². The van der Waals surface area contributed by atoms with Crippen molar-refractivity contribution in [2.24, 2.45) is 0 Å². The van der Waals surface area contributed by atoms with Gasteiger partial charge in [0, 0.05) is 19.2 Å². The SMILES string of the molecule is CC1(O)CN(c2ncc([N+](=O)[O-])cc2C#N)C1. The van der Waals surface area contributed by atoms with E-state index < -0.39 is 10.5 Å². The van der Waals surface area contributed by atoms with Crippen LogP contribution in [0.1, 0.15) is 12.5 Å². The number of rotatable bonds is 2. The first-order chi connectivity index (χ1) is 7.93. The number of aliphatic hydroxyl groups is 1. The number of anilines is 1. The van der Waals surface area contributed by atoms with E-state index in [0.717, 1.165) is 6.20 Å². The highest BCUT2D eigenvalue weighted by molar-refractivity contribution is 5.59. The van der Waals surface area contributed by atoms with E-state index in [0.29, 0.717) is 18.9 Å². The van der Waals surface area contributed by atoms with Gasteiger partial charge in [-0.3, -0.25) is 10.1 Å². The third-order valence-electron chi connectivity index (χ3n) is 2.55. The average molecular weight is 234 g/mol. The largest absolute Gasteiger partial charge is 0.386 e. The molecule has 17 heavy (non-hydrogen) atoms. The first-order valence-electron chi connectivity index (χ1n) is 4.95. The van der Waals surface area contributed by atoms with E-state index in [4.69, 9.17) is 5.26 Å². The van der Waals surface area contributed by atoms with Gasteiger partial charge in [-0.15, -0.1) is 0 Å². The molecule has 1 aromatic heterocycles. The number of nitrogens with zero attached hydrogens (tertiary/aromatic N) is 4. The summed E-state index contributed by atoms with van der Waals surface area (Å²) in [5.74, 6) is 0.379. The van der Waals surface area contributed by atoms with Gasteiger partial charge in [-0.25, -0.2) is 4.98 Å². The van der Waals surface area contributed by atoms with Crippen LogP contribution in [0, 0.1) is 21.4 Å². The number of nitro groups is 1. The normalized spacial score (nSPS) is 17.1. The molecule has 0 aliphatic carbocycles. The van der Waals surface area contributed by atoms with Gasteiger partial charge in [-0.05, 0) is 6.92 Å². The highest BCUT2D eigenvalue weighted by Gasteiger charge is 2.38. The summed E-state index contributed by atoms with van der Waals surface area (Å²) in [4.78, 5) is 15.6. The highest BCUT2D eigenvalue weighted by atomic mass is 16.6. The van der Waals surface area contributed by atoms with E-state index in [2.05, 4.69) is 4.98 Å². The minimum absolute atomic E-state index is 0.148. The zero-order valence-electron chi connectivity index (χ0n) is 9.12. The molecule has 88 valence electrons. The minimum atomic E-state index is -0.782. The predicted molar refractivity (Wildman–Crippen MR) is 58.4 cm³/mol. The molecule has 0 radical (unpaired) electrons. The molecule has 1 aliphatic rings. The molecule has 1 aromatic rings. The summed E-state index contributed by atoms with van der Waals surface area (Å²) in [6, 6.07) is 3.07. The van der Waals surface area contributed by atoms with Gasteiger partial charge < -0.3 is 10.0 Å². The zero-order chi connectivity index (χ0) is 12.6. The van der Waals surface area contributed by atoms with Gasteiger partial charge in [-0.1, -0.05) is 0 Å². The maximum absolute atomic E-state index is 10.5. The maximum atomic E-state index is 10.5. The number of nitriles is 1. The van der Waals surface area contributed by atoms with Crippen molar-refractivity contribution in [1.29, 1.82) is 5.26 Å². The topological polar surface area (TPSA) is 103 Å². The monoisotopic (exact) mass is 234 g/mol. The molecular formula is C10H10N4O3. The van der Waals surface area contributed by atoms with Crippen LogP contribution in [0.4, 0.5) is 11.5 Å². The third-order valence-corrected chi connectivity index (χ3v) is 2.55. The molecule has 0 saturated carbocycles. The molecule has 0 atom stereocenters. The Hall–Kier alpha value is -2.20. The number of aromatic nitrogens is 1. The Morgan fingerprint density at radius 3 is 2.82 bits per heavy atom. The van der Waals surface area contributed by atoms with Crippen LogP contribution in [-0.4, -0.2) is 33.7 Å². The van der Waals surface area contributed by atoms with Crippen LogP contribution in [-0.2, 0) is 0 Å². The second-order valence-electron chi connectivity index (χ2n) is 4.29. The van der Waals surface area contributed by atoms with Gasteiger partial charge in [0.05, 0.1) is 10.5 Å². The molecule has 0 bridgehead atoms. The predicted octanol–water partition coefficient (Wildman–Crippen LogP) is 0.432. The third kappa shape index (κ3) is 2.03. The molecule has 1 saturated heterocycles. The first-order valence-corrected chi connectivity index (χ1v) is 4.95. The van der Waals surface area contributed by atoms with Gasteiger partial charge in [0.25, 0.3) is 5.69 Å². The van der Waals surface area contributed by atoms with Gasteiger partial charge in [0.2, 0.25) is 0 Å². The fraction of sp³-hybridized carbons (Fsp3) is 0.400. The molecule has 7 heteroatoms. The number of hydrogen-bond donors (Lipinski definition) is 1. The summed E-state index contributed by atoms with van der Waals surface area (Å²) in [6.45, 7) is 2.42. The molecule has 2 heterocycles. The van der Waals surface area contributed by atoms with Gasteiger partial charge >= 0.3 is 0 Å². The van der Waals surface area contributed by atoms with Crippen molar-refractivity contribution in [2.45, 2.75) is 12.5 Å². The van der Waals surface area contributed by atoms with Gasteiger partial charge in [-0.2, -0.15) is 5.26 Å². The quantitative estimate of drug-likeness (QED) is 0.588. The molecule has 1 aliphatic heterocycles. The van der Waals surface area contributed by atoms with E-state index in [-0.39, 0.29) is 11.3 Å². The molecule has 0 amide bonds. The Morgan fingerprint density at radius 1 is 1.71 bits per heavy atom. The fourth-order valence-corrected chi connectivity index (χ4v) is 1.81. The summed E-state index contributed by atoms with van der Waals surface area (Å²) in [6.07, 6.45) is 1.11. The Bertz CT molecular complexity index is 513. The van der Waals surface area contributed by atoms with Gasteiger partial charge in [0.1, 0.15) is 23.6 Å². The van der Waals surface area contributed by atoms with Crippen molar-refractivity contribution < 1.29 is 10.0 Å². The standard InChI is InChI=1S/C10H10N4O3/c1-10(15)5-13(6-10)9-7(3-11)2-8(4-12-9)14(16)17/h2,4,15H,5-6H2,1H3. The van der Waals surface area contributed by atoms with Crippen LogP contribution in [0.5, 0.6) is 0 Å². The molecule has 2 rings (SSSR count). The Labute approximate surface area is 97.1 Å². The lowest BCUT2D eigenvalue weighted by Crippen LogP contribution is -2.60. The molecule has 0 spiro atoms. The second-order valence-corrected chi connectivity index (χ2v) is 4.29. The molecular weight excluding hydrogens is 224 g/mol. The van der Waals surface area contributed by atoms with E-state index in [1.807, 2.05) is 6.07 Å². The van der Waals surface area contributed by atoms with Crippen LogP contribution in [0.25, 0.3) is 0 Å². The molecule has 0 unspecified atom stereocenters. The summed E-state index contributed by atoms with van der Waals surface area (Å²) in [5.41, 5.74) is -0.844. The minimum Gasteiger partial charge on any atom is -0.386 e. The lowest BCUT2D eigenvalue weighted by atomic mass is 9.96. The van der Waals surface area contributed by atoms with Crippen molar-refractivity contribution in [3.8, 4) is 6.07 Å². The van der Waals surface area contributed by atoms with Crippen LogP contribution in [0.15, 0.2) is 12.3 Å². The lowest BCUT2D eigenvalue weighted by Gasteiger charge is -2.45. The van der Waals surface area contributed by atoms with E-state index in [1.165, 1.54) is 6.07 Å². The van der Waals surface area contributed by atoms with Crippen LogP contribution in [0.2, 0.25) is 0 Å². The van der Waals surface area contributed by atoms with Crippen molar-refractivity contribution in [3.63, 3.8) is 0 Å². The maximum Gasteiger partial charge on any atom is 0.289 e. The molecule has 7 nitrogen and oxygen atoms in total. The number of hydrogen-bond acceptors (Lipinski definition) is 6. The van der Waals surface area contributed by atoms with Crippen molar-refractivity contribution in [1.82, 2.24) is 4.98 Å². The number of pyridine rings is 1. The smallest absolute Gasteiger partial charge is 0.289 e. The molecule has 1 fully saturated rings. The van der Waals surface area contributed by atoms with Crippen molar-refractivity contribution in [3.05, 3.63) is 27.9 Å². The van der Waals surface area contributed by atoms with Gasteiger partial charge in [0.15, 0.2) is 0 Å². The van der Waals surface area contributed by atoms with Crippen molar-refractivity contribution in [2.75, 3.05) is 18.0 Å². The van der Waals surface area contributed by atoms with Crippen LogP contribution in [0.3, 0.4) is 0 Å². The number of β-amino-alcohol motifs (C(OH)–C–C–N with tert-alkyl or cyclic N) is 1. The van der Waals surface area contributed by atoms with E-state index >= 15 is 0 Å². The van der Waals surface area contributed by atoms with E-state index in [1.54, 1.807) is 11.8 Å². The highest BCUT2D eigenvalue weighted by Crippen LogP contribution is 2.29. The molecule has 0 aromatic carbocycles. The Balaban J connectivity index is 2.31. The summed E-state index contributed by atoms with van der Waals surface area (Å²) in [7, 11) is 0.